The van der Waals surface area contributed by atoms with Crippen molar-refractivity contribution >= 4 is 34.2 Å². The van der Waals surface area contributed by atoms with Gasteiger partial charge in [-0.2, -0.15) is 0 Å². The number of furan rings is 1. The Balaban J connectivity index is 1.91. The van der Waals surface area contributed by atoms with Gasteiger partial charge >= 0.3 is 5.97 Å². The molecule has 0 spiro atoms. The van der Waals surface area contributed by atoms with Crippen LogP contribution in [0.4, 0.5) is 5.13 Å². The fourth-order valence-corrected chi connectivity index (χ4v) is 3.23. The first-order chi connectivity index (χ1) is 9.95. The second-order valence-electron chi connectivity index (χ2n) is 4.92. The van der Waals surface area contributed by atoms with E-state index in [1.54, 1.807) is 13.0 Å². The molecule has 0 saturated heterocycles. The maximum absolute atomic E-state index is 10.9. The zero-order chi connectivity index (χ0) is 15.4. The van der Waals surface area contributed by atoms with E-state index >= 15 is 0 Å². The van der Waals surface area contributed by atoms with Crippen LogP contribution in [0.3, 0.4) is 0 Å². The average molecular weight is 327 g/mol. The zero-order valence-electron chi connectivity index (χ0n) is 12.0. The van der Waals surface area contributed by atoms with Gasteiger partial charge in [-0.25, -0.2) is 4.79 Å². The maximum Gasteiger partial charge on any atom is 0.339 e. The van der Waals surface area contributed by atoms with Gasteiger partial charge < -0.3 is 14.8 Å². The first-order valence-electron chi connectivity index (χ1n) is 6.48. The average Bonchev–Trinajstić information content (AvgIpc) is 3.00. The van der Waals surface area contributed by atoms with E-state index in [0.29, 0.717) is 23.2 Å². The van der Waals surface area contributed by atoms with Crippen molar-refractivity contribution in [2.75, 3.05) is 11.9 Å². The number of hydrogen-bond acceptors (Lipinski definition) is 7. The Labute approximate surface area is 131 Å². The van der Waals surface area contributed by atoms with Crippen LogP contribution in [-0.2, 0) is 5.75 Å². The highest BCUT2D eigenvalue weighted by molar-refractivity contribution is 8.00. The van der Waals surface area contributed by atoms with E-state index in [4.69, 9.17) is 9.52 Å². The number of thioether (sulfide) groups is 1. The Hall–Kier alpha value is -1.54. The summed E-state index contributed by atoms with van der Waals surface area (Å²) in [5.41, 5.74) is 0.210. The van der Waals surface area contributed by atoms with Gasteiger partial charge in [0.1, 0.15) is 17.1 Å². The lowest BCUT2D eigenvalue weighted by atomic mass is 10.2. The highest BCUT2D eigenvalue weighted by atomic mass is 32.2. The molecule has 0 aromatic carbocycles. The van der Waals surface area contributed by atoms with E-state index in [-0.39, 0.29) is 5.56 Å². The maximum atomic E-state index is 10.9. The van der Waals surface area contributed by atoms with E-state index in [2.05, 4.69) is 29.4 Å². The van der Waals surface area contributed by atoms with Crippen molar-refractivity contribution in [1.82, 2.24) is 10.2 Å². The molecular formula is C13H17N3O3S2. The van der Waals surface area contributed by atoms with Crippen molar-refractivity contribution in [3.63, 3.8) is 0 Å². The van der Waals surface area contributed by atoms with Crippen molar-refractivity contribution < 1.29 is 14.3 Å². The minimum atomic E-state index is -0.969. The lowest BCUT2D eigenvalue weighted by molar-refractivity contribution is 0.0695. The fraction of sp³-hybridized carbons (Fsp3) is 0.462. The molecule has 2 aromatic heterocycles. The summed E-state index contributed by atoms with van der Waals surface area (Å²) in [7, 11) is 0. The highest BCUT2D eigenvalue weighted by Crippen LogP contribution is 2.29. The summed E-state index contributed by atoms with van der Waals surface area (Å²) in [4.78, 5) is 10.9. The van der Waals surface area contributed by atoms with Crippen molar-refractivity contribution in [2.45, 2.75) is 30.9 Å². The van der Waals surface area contributed by atoms with Gasteiger partial charge in [-0.3, -0.25) is 0 Å². The lowest BCUT2D eigenvalue weighted by Crippen LogP contribution is -2.07. The van der Waals surface area contributed by atoms with Crippen molar-refractivity contribution in [3.8, 4) is 0 Å². The molecule has 21 heavy (non-hydrogen) atoms. The number of carboxylic acid groups (broad SMARTS) is 1. The monoisotopic (exact) mass is 327 g/mol. The van der Waals surface area contributed by atoms with Gasteiger partial charge in [-0.1, -0.05) is 36.9 Å². The van der Waals surface area contributed by atoms with Gasteiger partial charge in [0.15, 0.2) is 4.34 Å². The number of anilines is 1. The fourth-order valence-electron chi connectivity index (χ4n) is 1.59. The minimum Gasteiger partial charge on any atom is -0.478 e. The van der Waals surface area contributed by atoms with Crippen LogP contribution < -0.4 is 5.32 Å². The molecule has 2 rings (SSSR count). The van der Waals surface area contributed by atoms with Gasteiger partial charge in [0.2, 0.25) is 5.13 Å². The Morgan fingerprint density at radius 3 is 2.90 bits per heavy atom. The van der Waals surface area contributed by atoms with Crippen LogP contribution in [0.25, 0.3) is 0 Å². The Morgan fingerprint density at radius 1 is 1.52 bits per heavy atom. The van der Waals surface area contributed by atoms with E-state index in [9.17, 15) is 4.79 Å². The van der Waals surface area contributed by atoms with E-state index in [0.717, 1.165) is 16.0 Å². The SMILES string of the molecule is Cc1oc(CSc2nnc(NCC(C)C)s2)cc1C(=O)O. The molecule has 114 valence electrons. The van der Waals surface area contributed by atoms with E-state index in [1.165, 1.54) is 23.1 Å². The van der Waals surface area contributed by atoms with Crippen molar-refractivity contribution in [2.24, 2.45) is 5.92 Å². The number of carboxylic acids is 1. The van der Waals surface area contributed by atoms with Gasteiger partial charge in [0, 0.05) is 6.54 Å². The van der Waals surface area contributed by atoms with Gasteiger partial charge in [-0.15, -0.1) is 10.2 Å². The zero-order valence-corrected chi connectivity index (χ0v) is 13.7. The number of hydrogen-bond donors (Lipinski definition) is 2. The summed E-state index contributed by atoms with van der Waals surface area (Å²) in [6.07, 6.45) is 0. The predicted octanol–water partition coefficient (Wildman–Crippen LogP) is 3.50. The van der Waals surface area contributed by atoms with Gasteiger partial charge in [0.05, 0.1) is 5.75 Å². The van der Waals surface area contributed by atoms with E-state index < -0.39 is 5.97 Å². The largest absolute Gasteiger partial charge is 0.478 e. The number of carbonyl (C=O) groups is 1. The summed E-state index contributed by atoms with van der Waals surface area (Å²) >= 11 is 2.96. The van der Waals surface area contributed by atoms with Crippen molar-refractivity contribution in [3.05, 3.63) is 23.2 Å². The molecule has 2 aromatic rings. The van der Waals surface area contributed by atoms with Crippen molar-refractivity contribution in [1.29, 1.82) is 0 Å². The van der Waals surface area contributed by atoms with Crippen LogP contribution in [0.2, 0.25) is 0 Å². The normalized spacial score (nSPS) is 11.0. The Bertz CT molecular complexity index is 622. The standard InChI is InChI=1S/C13H17N3O3S2/c1-7(2)5-14-12-15-16-13(21-12)20-6-9-4-10(11(17)18)8(3)19-9/h4,7H,5-6H2,1-3H3,(H,14,15)(H,17,18). The molecule has 0 bridgehead atoms. The third-order valence-electron chi connectivity index (χ3n) is 2.61. The third kappa shape index (κ3) is 4.47. The quantitative estimate of drug-likeness (QED) is 0.752. The molecule has 0 aliphatic carbocycles. The summed E-state index contributed by atoms with van der Waals surface area (Å²) in [6, 6.07) is 1.56. The number of aromatic carboxylic acids is 1. The van der Waals surface area contributed by atoms with Crippen LogP contribution in [-0.4, -0.2) is 27.8 Å². The second kappa shape index (κ2) is 6.95. The molecule has 0 amide bonds. The van der Waals surface area contributed by atoms with E-state index in [1.807, 2.05) is 0 Å². The van der Waals surface area contributed by atoms with Crippen LogP contribution in [0.5, 0.6) is 0 Å². The summed E-state index contributed by atoms with van der Waals surface area (Å²) in [5, 5.41) is 21.1. The first kappa shape index (κ1) is 15.8. The molecular weight excluding hydrogens is 310 g/mol. The first-order valence-corrected chi connectivity index (χ1v) is 8.28. The summed E-state index contributed by atoms with van der Waals surface area (Å²) < 4.78 is 6.25. The van der Waals surface area contributed by atoms with Gasteiger partial charge in [-0.05, 0) is 18.9 Å². The van der Waals surface area contributed by atoms with Crippen LogP contribution in [0.15, 0.2) is 14.8 Å². The number of nitrogens with zero attached hydrogens (tertiary/aromatic N) is 2. The molecule has 0 aliphatic rings. The smallest absolute Gasteiger partial charge is 0.339 e. The number of nitrogens with one attached hydrogen (secondary N) is 1. The third-order valence-corrected chi connectivity index (χ3v) is 4.64. The summed E-state index contributed by atoms with van der Waals surface area (Å²) in [5.74, 6) is 1.16. The summed E-state index contributed by atoms with van der Waals surface area (Å²) in [6.45, 7) is 6.76. The molecule has 0 atom stereocenters. The lowest BCUT2D eigenvalue weighted by Gasteiger charge is -2.03. The number of rotatable bonds is 7. The molecule has 6 nitrogen and oxygen atoms in total. The predicted molar refractivity (Wildman–Crippen MR) is 83.2 cm³/mol. The molecule has 0 saturated carbocycles. The Kier molecular flexibility index (Phi) is 5.24. The number of aryl methyl sites for hydroxylation is 1. The minimum absolute atomic E-state index is 0.210. The van der Waals surface area contributed by atoms with Crippen LogP contribution in [0.1, 0.15) is 35.7 Å². The molecule has 8 heteroatoms. The molecule has 0 fully saturated rings. The van der Waals surface area contributed by atoms with Crippen LogP contribution in [0, 0.1) is 12.8 Å². The topological polar surface area (TPSA) is 88.3 Å². The molecule has 0 unspecified atom stereocenters. The molecule has 0 radical (unpaired) electrons. The molecule has 0 aliphatic heterocycles. The second-order valence-corrected chi connectivity index (χ2v) is 7.12. The van der Waals surface area contributed by atoms with Gasteiger partial charge in [0.25, 0.3) is 0 Å². The highest BCUT2D eigenvalue weighted by Gasteiger charge is 2.14. The van der Waals surface area contributed by atoms with Crippen LogP contribution >= 0.6 is 23.1 Å². The molecule has 2 heterocycles. The number of aromatic nitrogens is 2. The Morgan fingerprint density at radius 2 is 2.29 bits per heavy atom. The molecule has 2 N–H and O–H groups in total.